The van der Waals surface area contributed by atoms with E-state index in [4.69, 9.17) is 4.42 Å². The van der Waals surface area contributed by atoms with Gasteiger partial charge in [-0.15, -0.1) is 0 Å². The standard InChI is InChI=1S/C34H32FN3O5S/c1-34(2,24-12-7-6-8-13-24)37-32(39)23-11-9-10-22(18-23)26-19-27-29(20-28(26)38(4)44(5,41)42)43-31(30(27)33(40)36-3)21-14-16-25(35)17-15-21/h6-20H,1-5H3,(H,36,40)(H,37,39). The number of amides is 2. The molecule has 0 radical (unpaired) electrons. The van der Waals surface area contributed by atoms with E-state index in [1.807, 2.05) is 44.2 Å². The van der Waals surface area contributed by atoms with Crippen LogP contribution >= 0.6 is 0 Å². The number of rotatable bonds is 8. The summed E-state index contributed by atoms with van der Waals surface area (Å²) in [6.07, 6.45) is 1.08. The highest BCUT2D eigenvalue weighted by Crippen LogP contribution is 2.41. The van der Waals surface area contributed by atoms with Gasteiger partial charge in [-0.25, -0.2) is 12.8 Å². The van der Waals surface area contributed by atoms with Crippen molar-refractivity contribution < 1.29 is 26.8 Å². The monoisotopic (exact) mass is 613 g/mol. The van der Waals surface area contributed by atoms with E-state index in [0.29, 0.717) is 27.6 Å². The van der Waals surface area contributed by atoms with Crippen molar-refractivity contribution in [3.63, 3.8) is 0 Å². The van der Waals surface area contributed by atoms with Crippen molar-refractivity contribution in [2.75, 3.05) is 24.7 Å². The zero-order valence-corrected chi connectivity index (χ0v) is 25.8. The number of furan rings is 1. The number of sulfonamides is 1. The van der Waals surface area contributed by atoms with Gasteiger partial charge < -0.3 is 15.1 Å². The molecule has 2 amide bonds. The van der Waals surface area contributed by atoms with E-state index in [-0.39, 0.29) is 28.5 Å². The molecule has 5 aromatic rings. The first-order valence-corrected chi connectivity index (χ1v) is 15.7. The summed E-state index contributed by atoms with van der Waals surface area (Å²) in [5.74, 6) is -0.982. The van der Waals surface area contributed by atoms with Crippen LogP contribution in [0.5, 0.6) is 0 Å². The largest absolute Gasteiger partial charge is 0.455 e. The lowest BCUT2D eigenvalue weighted by molar-refractivity contribution is 0.0910. The molecule has 4 aromatic carbocycles. The van der Waals surface area contributed by atoms with Crippen molar-refractivity contribution in [2.24, 2.45) is 0 Å². The maximum Gasteiger partial charge on any atom is 0.255 e. The molecule has 0 fully saturated rings. The van der Waals surface area contributed by atoms with Gasteiger partial charge in [-0.1, -0.05) is 42.5 Å². The Bertz CT molecular complexity index is 1990. The van der Waals surface area contributed by atoms with E-state index in [9.17, 15) is 22.4 Å². The minimum atomic E-state index is -3.73. The third kappa shape index (κ3) is 5.93. The smallest absolute Gasteiger partial charge is 0.255 e. The molecule has 0 saturated carbocycles. The van der Waals surface area contributed by atoms with Crippen molar-refractivity contribution in [3.05, 3.63) is 114 Å². The molecule has 8 nitrogen and oxygen atoms in total. The van der Waals surface area contributed by atoms with E-state index in [1.165, 1.54) is 38.4 Å². The lowest BCUT2D eigenvalue weighted by Gasteiger charge is -2.27. The van der Waals surface area contributed by atoms with Crippen LogP contribution in [0.15, 0.2) is 95.4 Å². The predicted molar refractivity (Wildman–Crippen MR) is 171 cm³/mol. The molecule has 0 aliphatic heterocycles. The van der Waals surface area contributed by atoms with Gasteiger partial charge in [0.25, 0.3) is 11.8 Å². The summed E-state index contributed by atoms with van der Waals surface area (Å²) in [6, 6.07) is 25.2. The molecule has 0 aliphatic carbocycles. The van der Waals surface area contributed by atoms with E-state index in [1.54, 1.807) is 36.4 Å². The van der Waals surface area contributed by atoms with Crippen LogP contribution < -0.4 is 14.9 Å². The Morgan fingerprint density at radius 3 is 2.18 bits per heavy atom. The Morgan fingerprint density at radius 2 is 1.55 bits per heavy atom. The number of carbonyl (C=O) groups excluding carboxylic acids is 2. The molecule has 0 saturated heterocycles. The summed E-state index contributed by atoms with van der Waals surface area (Å²) in [5.41, 5.74) is 2.87. The van der Waals surface area contributed by atoms with Crippen LogP contribution in [0.25, 0.3) is 33.4 Å². The van der Waals surface area contributed by atoms with E-state index in [2.05, 4.69) is 10.6 Å². The fourth-order valence-electron chi connectivity index (χ4n) is 5.07. The van der Waals surface area contributed by atoms with Crippen LogP contribution in [0.4, 0.5) is 10.1 Å². The normalized spacial score (nSPS) is 11.8. The van der Waals surface area contributed by atoms with Crippen LogP contribution in [0.3, 0.4) is 0 Å². The molecule has 1 heterocycles. The Balaban J connectivity index is 1.68. The number of fused-ring (bicyclic) bond motifs is 1. The molecular formula is C34H32FN3O5S. The predicted octanol–water partition coefficient (Wildman–Crippen LogP) is 6.33. The fraction of sp³-hybridized carbons (Fsp3) is 0.176. The second-order valence-electron chi connectivity index (χ2n) is 11.0. The molecule has 5 rings (SSSR count). The number of nitrogens with zero attached hydrogens (tertiary/aromatic N) is 1. The maximum absolute atomic E-state index is 13.7. The first-order valence-electron chi connectivity index (χ1n) is 13.8. The number of hydrogen-bond donors (Lipinski definition) is 2. The summed E-state index contributed by atoms with van der Waals surface area (Å²) < 4.78 is 46.4. The lowest BCUT2D eigenvalue weighted by Crippen LogP contribution is -2.40. The highest BCUT2D eigenvalue weighted by molar-refractivity contribution is 7.92. The molecular weight excluding hydrogens is 581 g/mol. The summed E-state index contributed by atoms with van der Waals surface area (Å²) in [6.45, 7) is 3.82. The molecule has 1 aromatic heterocycles. The van der Waals surface area contributed by atoms with Gasteiger partial charge in [0.05, 0.1) is 23.0 Å². The van der Waals surface area contributed by atoms with E-state index in [0.717, 1.165) is 16.1 Å². The number of anilines is 1. The van der Waals surface area contributed by atoms with Crippen molar-refractivity contribution >= 4 is 38.5 Å². The number of halogens is 1. The average molecular weight is 614 g/mol. The van der Waals surface area contributed by atoms with Gasteiger partial charge in [-0.2, -0.15) is 0 Å². The van der Waals surface area contributed by atoms with E-state index < -0.39 is 27.3 Å². The molecule has 0 spiro atoms. The highest BCUT2D eigenvalue weighted by atomic mass is 32.2. The summed E-state index contributed by atoms with van der Waals surface area (Å²) >= 11 is 0. The first kappa shape index (κ1) is 30.5. The van der Waals surface area contributed by atoms with Crippen molar-refractivity contribution in [1.29, 1.82) is 0 Å². The number of nitrogens with one attached hydrogen (secondary N) is 2. The topological polar surface area (TPSA) is 109 Å². The van der Waals surface area contributed by atoms with Crippen molar-refractivity contribution in [1.82, 2.24) is 10.6 Å². The maximum atomic E-state index is 13.7. The van der Waals surface area contributed by atoms with Gasteiger partial charge in [0.2, 0.25) is 10.0 Å². The number of carbonyl (C=O) groups is 2. The van der Waals surface area contributed by atoms with Gasteiger partial charge in [0.1, 0.15) is 17.2 Å². The quantitative estimate of drug-likeness (QED) is 0.213. The molecule has 0 bridgehead atoms. The minimum Gasteiger partial charge on any atom is -0.455 e. The van der Waals surface area contributed by atoms with Gasteiger partial charge in [-0.3, -0.25) is 13.9 Å². The fourth-order valence-corrected chi connectivity index (χ4v) is 5.58. The number of hydrogen-bond acceptors (Lipinski definition) is 5. The van der Waals surface area contributed by atoms with Gasteiger partial charge in [0.15, 0.2) is 0 Å². The van der Waals surface area contributed by atoms with Gasteiger partial charge in [0, 0.05) is 42.2 Å². The van der Waals surface area contributed by atoms with Crippen LogP contribution in [0, 0.1) is 5.82 Å². The second-order valence-corrected chi connectivity index (χ2v) is 13.0. The molecule has 0 unspecified atom stereocenters. The van der Waals surface area contributed by atoms with Gasteiger partial charge >= 0.3 is 0 Å². The summed E-state index contributed by atoms with van der Waals surface area (Å²) in [7, 11) is -0.819. The number of benzene rings is 4. The highest BCUT2D eigenvalue weighted by Gasteiger charge is 2.27. The molecule has 0 atom stereocenters. The van der Waals surface area contributed by atoms with Crippen molar-refractivity contribution in [3.8, 4) is 22.5 Å². The average Bonchev–Trinajstić information content (AvgIpc) is 3.38. The Morgan fingerprint density at radius 1 is 0.864 bits per heavy atom. The zero-order chi connectivity index (χ0) is 31.8. The minimum absolute atomic E-state index is 0.209. The van der Waals surface area contributed by atoms with Gasteiger partial charge in [-0.05, 0) is 67.4 Å². The summed E-state index contributed by atoms with van der Waals surface area (Å²) in [4.78, 5) is 26.6. The molecule has 44 heavy (non-hydrogen) atoms. The third-order valence-corrected chi connectivity index (χ3v) is 8.75. The lowest BCUT2D eigenvalue weighted by atomic mass is 9.93. The van der Waals surface area contributed by atoms with Crippen LogP contribution in [0.1, 0.15) is 40.1 Å². The first-order chi connectivity index (χ1) is 20.8. The third-order valence-electron chi connectivity index (χ3n) is 7.56. The summed E-state index contributed by atoms with van der Waals surface area (Å²) in [5, 5.41) is 6.13. The van der Waals surface area contributed by atoms with E-state index >= 15 is 0 Å². The molecule has 2 N–H and O–H groups in total. The Labute approximate surface area is 255 Å². The zero-order valence-electron chi connectivity index (χ0n) is 24.9. The second kappa shape index (κ2) is 11.6. The molecule has 0 aliphatic rings. The Kier molecular flexibility index (Phi) is 8.05. The SMILES string of the molecule is CNC(=O)c1c(-c2ccc(F)cc2)oc2cc(N(C)S(C)(=O)=O)c(-c3cccc(C(=O)NC(C)(C)c4ccccc4)c3)cc12. The molecule has 10 heteroatoms. The van der Waals surface area contributed by atoms with Crippen LogP contribution in [-0.2, 0) is 15.6 Å². The van der Waals surface area contributed by atoms with Crippen molar-refractivity contribution in [2.45, 2.75) is 19.4 Å². The Hall–Kier alpha value is -4.96. The molecule has 226 valence electrons. The van der Waals surface area contributed by atoms with Crippen LogP contribution in [0.2, 0.25) is 0 Å². The van der Waals surface area contributed by atoms with Crippen LogP contribution in [-0.4, -0.2) is 40.6 Å².